The first-order valence-electron chi connectivity index (χ1n) is 9.31. The summed E-state index contributed by atoms with van der Waals surface area (Å²) in [5, 5.41) is 13.7. The van der Waals surface area contributed by atoms with Gasteiger partial charge >= 0.3 is 0 Å². The zero-order chi connectivity index (χ0) is 20.8. The fraction of sp³-hybridized carbons (Fsp3) is 0.350. The Morgan fingerprint density at radius 1 is 1.17 bits per heavy atom. The van der Waals surface area contributed by atoms with Gasteiger partial charge in [0, 0.05) is 57.1 Å². The molecule has 3 rings (SSSR count). The molecule has 0 bridgehead atoms. The maximum atomic E-state index is 12.3. The minimum absolute atomic E-state index is 0.0739. The molecule has 1 amide bonds. The lowest BCUT2D eigenvalue weighted by Gasteiger charge is -2.36. The number of carbonyl (C=O) groups is 1. The largest absolute Gasteiger partial charge is 0.497 e. The summed E-state index contributed by atoms with van der Waals surface area (Å²) in [5.74, 6) is 0.512. The van der Waals surface area contributed by atoms with E-state index in [1.54, 1.807) is 7.11 Å². The first-order chi connectivity index (χ1) is 14.0. The Bertz CT molecular complexity index is 867. The average molecular weight is 419 g/mol. The van der Waals surface area contributed by atoms with E-state index in [1.165, 1.54) is 23.9 Å². The molecule has 0 atom stereocenters. The number of nitrogens with one attached hydrogen (secondary N) is 1. The minimum atomic E-state index is -0.543. The molecule has 1 heterocycles. The number of nitrogens with zero attached hydrogens (tertiary/aromatic N) is 3. The molecule has 1 fully saturated rings. The molecule has 154 valence electrons. The molecule has 1 N–H and O–H groups in total. The SMILES string of the molecule is COc1ccc(N2CCN(CCNC(=O)c3ccc([N+](=O)[O-])cc3Cl)CC2)cc1. The third-order valence-corrected chi connectivity index (χ3v) is 5.24. The van der Waals surface area contributed by atoms with Crippen molar-refractivity contribution in [2.45, 2.75) is 0 Å². The summed E-state index contributed by atoms with van der Waals surface area (Å²) in [5.41, 5.74) is 1.27. The van der Waals surface area contributed by atoms with Gasteiger partial charge in [-0.3, -0.25) is 19.8 Å². The van der Waals surface area contributed by atoms with Gasteiger partial charge in [-0.05, 0) is 30.3 Å². The Hall–Kier alpha value is -2.84. The second-order valence-corrected chi connectivity index (χ2v) is 7.11. The van der Waals surface area contributed by atoms with Gasteiger partial charge in [0.25, 0.3) is 11.6 Å². The molecule has 9 heteroatoms. The molecule has 8 nitrogen and oxygen atoms in total. The standard InChI is InChI=1S/C20H23ClN4O4/c1-29-17-5-2-15(3-6-17)24-12-10-23(11-13-24)9-8-22-20(26)18-7-4-16(25(27)28)14-19(18)21/h2-7,14H,8-13H2,1H3,(H,22,26). The summed E-state index contributed by atoms with van der Waals surface area (Å²) in [7, 11) is 1.65. The van der Waals surface area contributed by atoms with E-state index in [2.05, 4.69) is 27.2 Å². The first kappa shape index (κ1) is 20.9. The third kappa shape index (κ3) is 5.36. The normalized spacial score (nSPS) is 14.5. The molecular weight excluding hydrogens is 396 g/mol. The lowest BCUT2D eigenvalue weighted by atomic mass is 10.2. The molecule has 0 radical (unpaired) electrons. The molecule has 29 heavy (non-hydrogen) atoms. The quantitative estimate of drug-likeness (QED) is 0.549. The van der Waals surface area contributed by atoms with E-state index in [0.29, 0.717) is 6.54 Å². The van der Waals surface area contributed by atoms with Crippen LogP contribution in [0.4, 0.5) is 11.4 Å². The smallest absolute Gasteiger partial charge is 0.270 e. The van der Waals surface area contributed by atoms with Crippen molar-refractivity contribution >= 4 is 28.9 Å². The Balaban J connectivity index is 1.43. The number of piperazine rings is 1. The maximum absolute atomic E-state index is 12.3. The van der Waals surface area contributed by atoms with Gasteiger partial charge < -0.3 is 15.0 Å². The van der Waals surface area contributed by atoms with Gasteiger partial charge in [0.2, 0.25) is 0 Å². The summed E-state index contributed by atoms with van der Waals surface area (Å²) in [6.07, 6.45) is 0. The van der Waals surface area contributed by atoms with Crippen molar-refractivity contribution in [3.63, 3.8) is 0 Å². The molecule has 0 spiro atoms. The van der Waals surface area contributed by atoms with Crippen LogP contribution >= 0.6 is 11.6 Å². The van der Waals surface area contributed by atoms with E-state index >= 15 is 0 Å². The van der Waals surface area contributed by atoms with Crippen molar-refractivity contribution in [1.82, 2.24) is 10.2 Å². The number of ether oxygens (including phenoxy) is 1. The molecular formula is C20H23ClN4O4. The number of carbonyl (C=O) groups excluding carboxylic acids is 1. The van der Waals surface area contributed by atoms with E-state index in [4.69, 9.17) is 16.3 Å². The zero-order valence-electron chi connectivity index (χ0n) is 16.1. The predicted molar refractivity (Wildman–Crippen MR) is 112 cm³/mol. The number of halogens is 1. The van der Waals surface area contributed by atoms with Crippen LogP contribution in [0.2, 0.25) is 5.02 Å². The van der Waals surface area contributed by atoms with Gasteiger partial charge in [0.1, 0.15) is 5.75 Å². The first-order valence-corrected chi connectivity index (χ1v) is 9.69. The highest BCUT2D eigenvalue weighted by Crippen LogP contribution is 2.22. The number of nitro benzene ring substituents is 1. The van der Waals surface area contributed by atoms with Gasteiger partial charge in [-0.15, -0.1) is 0 Å². The van der Waals surface area contributed by atoms with E-state index in [1.807, 2.05) is 12.1 Å². The maximum Gasteiger partial charge on any atom is 0.270 e. The Morgan fingerprint density at radius 2 is 1.86 bits per heavy atom. The predicted octanol–water partition coefficient (Wildman–Crippen LogP) is 2.81. The number of benzene rings is 2. The van der Waals surface area contributed by atoms with Gasteiger partial charge in [0.05, 0.1) is 22.6 Å². The highest BCUT2D eigenvalue weighted by atomic mass is 35.5. The van der Waals surface area contributed by atoms with Crippen LogP contribution in [-0.4, -0.2) is 62.1 Å². The second kappa shape index (κ2) is 9.58. The van der Waals surface area contributed by atoms with Gasteiger partial charge in [-0.2, -0.15) is 0 Å². The monoisotopic (exact) mass is 418 g/mol. The van der Waals surface area contributed by atoms with Crippen LogP contribution in [0.1, 0.15) is 10.4 Å². The van der Waals surface area contributed by atoms with Crippen LogP contribution in [0, 0.1) is 10.1 Å². The summed E-state index contributed by atoms with van der Waals surface area (Å²) < 4.78 is 5.19. The molecule has 0 aromatic heterocycles. The molecule has 0 unspecified atom stereocenters. The van der Waals surface area contributed by atoms with Crippen molar-refractivity contribution in [2.24, 2.45) is 0 Å². The highest BCUT2D eigenvalue weighted by molar-refractivity contribution is 6.34. The Kier molecular flexibility index (Phi) is 6.90. The number of rotatable bonds is 7. The fourth-order valence-corrected chi connectivity index (χ4v) is 3.51. The highest BCUT2D eigenvalue weighted by Gasteiger charge is 2.18. The average Bonchev–Trinajstić information content (AvgIpc) is 2.74. The number of anilines is 1. The van der Waals surface area contributed by atoms with Gasteiger partial charge in [-0.1, -0.05) is 11.6 Å². The van der Waals surface area contributed by atoms with Crippen molar-refractivity contribution in [3.05, 3.63) is 63.2 Å². The zero-order valence-corrected chi connectivity index (χ0v) is 16.9. The number of hydrogen-bond donors (Lipinski definition) is 1. The van der Waals surface area contributed by atoms with Crippen LogP contribution in [0.25, 0.3) is 0 Å². The van der Waals surface area contributed by atoms with E-state index in [9.17, 15) is 14.9 Å². The van der Waals surface area contributed by atoms with Crippen molar-refractivity contribution in [1.29, 1.82) is 0 Å². The summed E-state index contributed by atoms with van der Waals surface area (Å²) in [6.45, 7) is 4.84. The Morgan fingerprint density at radius 3 is 2.45 bits per heavy atom. The van der Waals surface area contributed by atoms with Crippen molar-refractivity contribution in [2.75, 3.05) is 51.3 Å². The number of methoxy groups -OCH3 is 1. The Labute approximate surface area is 174 Å². The fourth-order valence-electron chi connectivity index (χ4n) is 3.25. The van der Waals surface area contributed by atoms with Gasteiger partial charge in [0.15, 0.2) is 0 Å². The van der Waals surface area contributed by atoms with Crippen LogP contribution in [-0.2, 0) is 0 Å². The van der Waals surface area contributed by atoms with Crippen molar-refractivity contribution < 1.29 is 14.5 Å². The summed E-state index contributed by atoms with van der Waals surface area (Å²) in [6, 6.07) is 11.9. The molecule has 1 aliphatic rings. The molecule has 0 saturated carbocycles. The van der Waals surface area contributed by atoms with Crippen molar-refractivity contribution in [3.8, 4) is 5.75 Å². The lowest BCUT2D eigenvalue weighted by Crippen LogP contribution is -2.48. The lowest BCUT2D eigenvalue weighted by molar-refractivity contribution is -0.384. The topological polar surface area (TPSA) is 88.0 Å². The molecule has 0 aliphatic carbocycles. The molecule has 1 aliphatic heterocycles. The molecule has 1 saturated heterocycles. The van der Waals surface area contributed by atoms with Crippen LogP contribution in [0.5, 0.6) is 5.75 Å². The molecule has 2 aromatic rings. The molecule has 2 aromatic carbocycles. The van der Waals surface area contributed by atoms with Gasteiger partial charge in [-0.25, -0.2) is 0 Å². The third-order valence-electron chi connectivity index (χ3n) is 4.93. The van der Waals surface area contributed by atoms with Crippen LogP contribution < -0.4 is 15.0 Å². The minimum Gasteiger partial charge on any atom is -0.497 e. The van der Waals surface area contributed by atoms with E-state index in [0.717, 1.165) is 38.5 Å². The number of amides is 1. The number of nitro groups is 1. The van der Waals surface area contributed by atoms with Crippen LogP contribution in [0.15, 0.2) is 42.5 Å². The van der Waals surface area contributed by atoms with E-state index in [-0.39, 0.29) is 22.2 Å². The summed E-state index contributed by atoms with van der Waals surface area (Å²) in [4.78, 5) is 27.1. The second-order valence-electron chi connectivity index (χ2n) is 6.70. The number of non-ortho nitro benzene ring substituents is 1. The summed E-state index contributed by atoms with van der Waals surface area (Å²) >= 11 is 6.00. The van der Waals surface area contributed by atoms with Crippen LogP contribution in [0.3, 0.4) is 0 Å². The number of hydrogen-bond acceptors (Lipinski definition) is 6. The van der Waals surface area contributed by atoms with E-state index < -0.39 is 4.92 Å².